The first-order valence-electron chi connectivity index (χ1n) is 7.96. The van der Waals surface area contributed by atoms with E-state index in [4.69, 9.17) is 27.9 Å². The molecule has 7 nitrogen and oxygen atoms in total. The summed E-state index contributed by atoms with van der Waals surface area (Å²) in [5.74, 6) is -1.00. The lowest BCUT2D eigenvalue weighted by atomic mass is 10.1. The number of esters is 1. The summed E-state index contributed by atoms with van der Waals surface area (Å²) < 4.78 is 6.51. The maximum absolute atomic E-state index is 12.6. The van der Waals surface area contributed by atoms with E-state index in [0.717, 1.165) is 5.56 Å². The molecule has 0 radical (unpaired) electrons. The normalized spacial score (nSPS) is 11.8. The summed E-state index contributed by atoms with van der Waals surface area (Å²) in [4.78, 5) is 24.8. The van der Waals surface area contributed by atoms with Crippen LogP contribution in [0.25, 0.3) is 0 Å². The molecule has 0 bridgehead atoms. The molecule has 138 valence electrons. The summed E-state index contributed by atoms with van der Waals surface area (Å²) >= 11 is 11.7. The Morgan fingerprint density at radius 2 is 1.85 bits per heavy atom. The van der Waals surface area contributed by atoms with E-state index in [2.05, 4.69) is 15.5 Å². The quantitative estimate of drug-likeness (QED) is 0.443. The molecule has 0 spiro atoms. The SMILES string of the molecule is O=C(COC(=O)[C@H](Cc1ccccc1)n1cnnn1)c1ccc(Cl)c(Cl)c1. The average molecular weight is 405 g/mol. The molecule has 2 aromatic carbocycles. The fourth-order valence-corrected chi connectivity index (χ4v) is 2.72. The van der Waals surface area contributed by atoms with Crippen molar-refractivity contribution < 1.29 is 14.3 Å². The lowest BCUT2D eigenvalue weighted by molar-refractivity contribution is -0.146. The van der Waals surface area contributed by atoms with Gasteiger partial charge in [0.1, 0.15) is 6.33 Å². The van der Waals surface area contributed by atoms with Crippen molar-refractivity contribution >= 4 is 35.0 Å². The second-order valence-electron chi connectivity index (χ2n) is 5.66. The number of nitrogens with zero attached hydrogens (tertiary/aromatic N) is 4. The zero-order chi connectivity index (χ0) is 19.2. The predicted octanol–water partition coefficient (Wildman–Crippen LogP) is 3.19. The molecule has 0 aliphatic heterocycles. The molecular formula is C18H14Cl2N4O3. The van der Waals surface area contributed by atoms with E-state index in [-0.39, 0.29) is 5.02 Å². The predicted molar refractivity (Wildman–Crippen MR) is 98.8 cm³/mol. The Hall–Kier alpha value is -2.77. The number of hydrogen-bond donors (Lipinski definition) is 0. The van der Waals surface area contributed by atoms with Gasteiger partial charge in [-0.25, -0.2) is 9.48 Å². The number of benzene rings is 2. The van der Waals surface area contributed by atoms with Gasteiger partial charge < -0.3 is 4.74 Å². The van der Waals surface area contributed by atoms with Crippen LogP contribution in [0.15, 0.2) is 54.9 Å². The molecule has 1 heterocycles. The van der Waals surface area contributed by atoms with Crippen molar-refractivity contribution in [3.63, 3.8) is 0 Å². The largest absolute Gasteiger partial charge is 0.456 e. The second-order valence-corrected chi connectivity index (χ2v) is 6.47. The van der Waals surface area contributed by atoms with Crippen molar-refractivity contribution in [3.8, 4) is 0 Å². The zero-order valence-electron chi connectivity index (χ0n) is 14.0. The Bertz CT molecular complexity index is 933. The van der Waals surface area contributed by atoms with Gasteiger partial charge in [0.25, 0.3) is 0 Å². The molecule has 0 saturated heterocycles. The molecule has 0 aliphatic rings. The summed E-state index contributed by atoms with van der Waals surface area (Å²) in [7, 11) is 0. The Labute approximate surface area is 164 Å². The van der Waals surface area contributed by atoms with Gasteiger partial charge in [-0.15, -0.1) is 5.10 Å². The minimum Gasteiger partial charge on any atom is -0.456 e. The summed E-state index contributed by atoms with van der Waals surface area (Å²) in [5.41, 5.74) is 1.21. The summed E-state index contributed by atoms with van der Waals surface area (Å²) in [6.07, 6.45) is 1.65. The number of Topliss-reactive ketones (excluding diaryl/α,β-unsaturated/α-hetero) is 1. The van der Waals surface area contributed by atoms with Crippen molar-refractivity contribution in [1.82, 2.24) is 20.2 Å². The van der Waals surface area contributed by atoms with Crippen LogP contribution in [0.2, 0.25) is 10.0 Å². The highest BCUT2D eigenvalue weighted by Gasteiger charge is 2.25. The Kier molecular flexibility index (Phi) is 6.16. The first-order chi connectivity index (χ1) is 13.0. The zero-order valence-corrected chi connectivity index (χ0v) is 15.5. The maximum Gasteiger partial charge on any atom is 0.331 e. The van der Waals surface area contributed by atoms with E-state index in [1.54, 1.807) is 0 Å². The van der Waals surface area contributed by atoms with Crippen molar-refractivity contribution in [2.75, 3.05) is 6.61 Å². The van der Waals surface area contributed by atoms with Crippen LogP contribution in [-0.2, 0) is 16.0 Å². The molecule has 0 amide bonds. The van der Waals surface area contributed by atoms with Gasteiger partial charge in [-0.1, -0.05) is 53.5 Å². The summed E-state index contributed by atoms with van der Waals surface area (Å²) in [6.45, 7) is -0.426. The van der Waals surface area contributed by atoms with Crippen LogP contribution in [0.1, 0.15) is 22.0 Å². The number of halogens is 2. The van der Waals surface area contributed by atoms with Crippen molar-refractivity contribution in [2.45, 2.75) is 12.5 Å². The topological polar surface area (TPSA) is 87.0 Å². The monoisotopic (exact) mass is 404 g/mol. The molecule has 1 atom stereocenters. The van der Waals surface area contributed by atoms with Gasteiger partial charge in [0.2, 0.25) is 0 Å². The summed E-state index contributed by atoms with van der Waals surface area (Å²) in [6, 6.07) is 13.1. The first kappa shape index (κ1) is 19.0. The van der Waals surface area contributed by atoms with E-state index in [9.17, 15) is 9.59 Å². The van der Waals surface area contributed by atoms with Crippen LogP contribution >= 0.6 is 23.2 Å². The average Bonchev–Trinajstić information content (AvgIpc) is 3.21. The summed E-state index contributed by atoms with van der Waals surface area (Å²) in [5, 5.41) is 11.5. The number of ether oxygens (including phenoxy) is 1. The van der Waals surface area contributed by atoms with Crippen LogP contribution in [0.5, 0.6) is 0 Å². The highest BCUT2D eigenvalue weighted by Crippen LogP contribution is 2.23. The number of carbonyl (C=O) groups excluding carboxylic acids is 2. The number of carbonyl (C=O) groups is 2. The smallest absolute Gasteiger partial charge is 0.331 e. The minimum absolute atomic E-state index is 0.254. The molecule has 1 aromatic heterocycles. The lowest BCUT2D eigenvalue weighted by Gasteiger charge is -2.15. The fourth-order valence-electron chi connectivity index (χ4n) is 2.42. The second kappa shape index (κ2) is 8.75. The Balaban J connectivity index is 1.69. The van der Waals surface area contributed by atoms with Gasteiger partial charge in [-0.3, -0.25) is 4.79 Å². The van der Waals surface area contributed by atoms with Crippen molar-refractivity contribution in [1.29, 1.82) is 0 Å². The van der Waals surface area contributed by atoms with Crippen LogP contribution in [0.3, 0.4) is 0 Å². The van der Waals surface area contributed by atoms with Gasteiger partial charge in [-0.2, -0.15) is 0 Å². The number of hydrogen-bond acceptors (Lipinski definition) is 6. The molecule has 3 rings (SSSR count). The Morgan fingerprint density at radius 1 is 1.07 bits per heavy atom. The van der Waals surface area contributed by atoms with E-state index >= 15 is 0 Å². The highest BCUT2D eigenvalue weighted by atomic mass is 35.5. The maximum atomic E-state index is 12.6. The van der Waals surface area contributed by atoms with Crippen LogP contribution in [-0.4, -0.2) is 38.6 Å². The molecule has 0 N–H and O–H groups in total. The van der Waals surface area contributed by atoms with Crippen LogP contribution in [0.4, 0.5) is 0 Å². The van der Waals surface area contributed by atoms with E-state index in [0.29, 0.717) is 17.0 Å². The van der Waals surface area contributed by atoms with E-state index < -0.39 is 24.4 Å². The molecular weight excluding hydrogens is 391 g/mol. The number of rotatable bonds is 7. The third-order valence-corrected chi connectivity index (χ3v) is 4.55. The highest BCUT2D eigenvalue weighted by molar-refractivity contribution is 6.42. The van der Waals surface area contributed by atoms with E-state index in [1.807, 2.05) is 30.3 Å². The standard InChI is InChI=1S/C18H14Cl2N4O3/c19-14-7-6-13(9-15(14)20)17(25)10-27-18(26)16(24-11-21-22-23-24)8-12-4-2-1-3-5-12/h1-7,9,11,16H,8,10H2/t16-/m0/s1. The van der Waals surface area contributed by atoms with Crippen LogP contribution in [0, 0.1) is 0 Å². The van der Waals surface area contributed by atoms with Gasteiger partial charge in [0.05, 0.1) is 10.0 Å². The third-order valence-electron chi connectivity index (χ3n) is 3.82. The lowest BCUT2D eigenvalue weighted by Crippen LogP contribution is -2.26. The van der Waals surface area contributed by atoms with E-state index in [1.165, 1.54) is 29.2 Å². The van der Waals surface area contributed by atoms with Gasteiger partial charge in [0.15, 0.2) is 18.4 Å². The van der Waals surface area contributed by atoms with Gasteiger partial charge in [-0.05, 0) is 34.2 Å². The van der Waals surface area contributed by atoms with Crippen molar-refractivity contribution in [3.05, 3.63) is 76.0 Å². The molecule has 0 aliphatic carbocycles. The Morgan fingerprint density at radius 3 is 2.52 bits per heavy atom. The number of tetrazole rings is 1. The fraction of sp³-hybridized carbons (Fsp3) is 0.167. The van der Waals surface area contributed by atoms with Crippen molar-refractivity contribution in [2.24, 2.45) is 0 Å². The number of ketones is 1. The molecule has 0 saturated carbocycles. The van der Waals surface area contributed by atoms with Gasteiger partial charge >= 0.3 is 5.97 Å². The molecule has 0 unspecified atom stereocenters. The number of aromatic nitrogens is 4. The first-order valence-corrected chi connectivity index (χ1v) is 8.71. The van der Waals surface area contributed by atoms with Gasteiger partial charge in [0, 0.05) is 12.0 Å². The molecule has 0 fully saturated rings. The van der Waals surface area contributed by atoms with Crippen LogP contribution < -0.4 is 0 Å². The molecule has 9 heteroatoms. The third kappa shape index (κ3) is 4.90. The molecule has 3 aromatic rings. The molecule has 27 heavy (non-hydrogen) atoms. The minimum atomic E-state index is -0.788.